The molecule has 0 saturated carbocycles. The van der Waals surface area contributed by atoms with Crippen LogP contribution >= 0.6 is 0 Å². The fourth-order valence-corrected chi connectivity index (χ4v) is 3.74. The molecule has 29 heavy (non-hydrogen) atoms. The molecule has 3 heteroatoms. The smallest absolute Gasteiger partial charge is 0.118 e. The Bertz CT molecular complexity index is 661. The highest BCUT2D eigenvalue weighted by Crippen LogP contribution is 2.26. The lowest BCUT2D eigenvalue weighted by Gasteiger charge is -2.27. The van der Waals surface area contributed by atoms with E-state index in [-0.39, 0.29) is 0 Å². The Kier molecular flexibility index (Phi) is 12.3. The molecule has 0 fully saturated rings. The molecule has 2 aromatic rings. The van der Waals surface area contributed by atoms with Gasteiger partial charge in [0.15, 0.2) is 0 Å². The second-order valence-electron chi connectivity index (χ2n) is 7.88. The van der Waals surface area contributed by atoms with Gasteiger partial charge in [-0.15, -0.1) is 0 Å². The minimum atomic E-state index is 0.482. The quantitative estimate of drug-likeness (QED) is 0.433. The van der Waals surface area contributed by atoms with Gasteiger partial charge in [-0.1, -0.05) is 43.2 Å². The van der Waals surface area contributed by atoms with Gasteiger partial charge in [-0.2, -0.15) is 0 Å². The Hall–Kier alpha value is -1.84. The standard InChI is InChI=1S/C24H35NO.C2H6O/c1-19-11-10-12-20(2)24(19)21(3)25(4)18-9-7-6-8-13-22-14-16-23(26-5)17-15-22;1-3-2/h10-12,14-17,21H,6-9,13,18H2,1-5H3;1-2H3. The Morgan fingerprint density at radius 2 is 1.38 bits per heavy atom. The first-order valence-corrected chi connectivity index (χ1v) is 10.7. The molecule has 0 aliphatic heterocycles. The van der Waals surface area contributed by atoms with Crippen molar-refractivity contribution in [2.45, 2.75) is 58.9 Å². The zero-order valence-corrected chi connectivity index (χ0v) is 19.6. The zero-order chi connectivity index (χ0) is 21.6. The van der Waals surface area contributed by atoms with Crippen LogP contribution in [0.15, 0.2) is 42.5 Å². The van der Waals surface area contributed by atoms with E-state index in [9.17, 15) is 0 Å². The lowest BCUT2D eigenvalue weighted by Crippen LogP contribution is -2.24. The molecule has 162 valence electrons. The van der Waals surface area contributed by atoms with E-state index in [0.717, 1.165) is 12.3 Å². The molecule has 2 aromatic carbocycles. The number of nitrogens with zero attached hydrogens (tertiary/aromatic N) is 1. The summed E-state index contributed by atoms with van der Waals surface area (Å²) in [5.41, 5.74) is 5.72. The van der Waals surface area contributed by atoms with Crippen LogP contribution in [-0.4, -0.2) is 39.8 Å². The SMILES string of the molecule is COC.COc1ccc(CCCCCCN(C)C(C)c2c(C)cccc2C)cc1. The van der Waals surface area contributed by atoms with Crippen LogP contribution in [0.25, 0.3) is 0 Å². The Morgan fingerprint density at radius 3 is 1.93 bits per heavy atom. The van der Waals surface area contributed by atoms with Crippen molar-refractivity contribution >= 4 is 0 Å². The van der Waals surface area contributed by atoms with Crippen molar-refractivity contribution < 1.29 is 9.47 Å². The lowest BCUT2D eigenvalue weighted by molar-refractivity contribution is 0.254. The maximum atomic E-state index is 5.21. The first kappa shape index (κ1) is 25.2. The van der Waals surface area contributed by atoms with Gasteiger partial charge in [0, 0.05) is 20.3 Å². The second kappa shape index (κ2) is 14.2. The first-order valence-electron chi connectivity index (χ1n) is 10.7. The van der Waals surface area contributed by atoms with E-state index in [1.54, 1.807) is 21.3 Å². The molecule has 0 heterocycles. The van der Waals surface area contributed by atoms with Crippen molar-refractivity contribution in [3.05, 3.63) is 64.7 Å². The van der Waals surface area contributed by atoms with Gasteiger partial charge < -0.3 is 9.47 Å². The third kappa shape index (κ3) is 9.01. The van der Waals surface area contributed by atoms with Crippen LogP contribution in [0.3, 0.4) is 0 Å². The van der Waals surface area contributed by atoms with Crippen LogP contribution in [-0.2, 0) is 11.2 Å². The van der Waals surface area contributed by atoms with Gasteiger partial charge in [-0.3, -0.25) is 4.90 Å². The van der Waals surface area contributed by atoms with Gasteiger partial charge in [0.25, 0.3) is 0 Å². The van der Waals surface area contributed by atoms with Crippen LogP contribution < -0.4 is 4.74 Å². The van der Waals surface area contributed by atoms with Crippen LogP contribution in [0.1, 0.15) is 60.9 Å². The monoisotopic (exact) mass is 399 g/mol. The molecule has 0 aliphatic rings. The van der Waals surface area contributed by atoms with Crippen LogP contribution in [0.2, 0.25) is 0 Å². The number of rotatable bonds is 10. The summed E-state index contributed by atoms with van der Waals surface area (Å²) in [5.74, 6) is 0.940. The minimum Gasteiger partial charge on any atom is -0.497 e. The maximum absolute atomic E-state index is 5.21. The van der Waals surface area contributed by atoms with Crippen molar-refractivity contribution in [3.63, 3.8) is 0 Å². The van der Waals surface area contributed by atoms with Crippen LogP contribution in [0.4, 0.5) is 0 Å². The molecule has 0 aliphatic carbocycles. The van der Waals surface area contributed by atoms with Gasteiger partial charge in [0.05, 0.1) is 7.11 Å². The molecule has 1 atom stereocenters. The first-order chi connectivity index (χ1) is 13.9. The number of unbranched alkanes of at least 4 members (excludes halogenated alkanes) is 3. The van der Waals surface area contributed by atoms with Gasteiger partial charge in [-0.05, 0) is 88.0 Å². The van der Waals surface area contributed by atoms with E-state index in [1.165, 1.54) is 54.4 Å². The fraction of sp³-hybridized carbons (Fsp3) is 0.538. The molecule has 3 nitrogen and oxygen atoms in total. The van der Waals surface area contributed by atoms with Gasteiger partial charge in [-0.25, -0.2) is 0 Å². The summed E-state index contributed by atoms with van der Waals surface area (Å²) in [7, 11) is 7.22. The molecular formula is C26H41NO2. The molecule has 0 saturated heterocycles. The van der Waals surface area contributed by atoms with Gasteiger partial charge in [0.2, 0.25) is 0 Å². The van der Waals surface area contributed by atoms with Crippen molar-refractivity contribution in [2.24, 2.45) is 0 Å². The third-order valence-corrected chi connectivity index (χ3v) is 5.51. The minimum absolute atomic E-state index is 0.482. The molecule has 0 spiro atoms. The molecule has 0 radical (unpaired) electrons. The lowest BCUT2D eigenvalue weighted by atomic mass is 9.96. The number of ether oxygens (including phenoxy) is 2. The predicted molar refractivity (Wildman–Crippen MR) is 125 cm³/mol. The highest BCUT2D eigenvalue weighted by Gasteiger charge is 2.15. The molecule has 0 amide bonds. The van der Waals surface area contributed by atoms with E-state index in [4.69, 9.17) is 4.74 Å². The van der Waals surface area contributed by atoms with E-state index in [2.05, 4.69) is 79.9 Å². The summed E-state index contributed by atoms with van der Waals surface area (Å²) in [6.45, 7) is 7.95. The van der Waals surface area contributed by atoms with E-state index in [1.807, 2.05) is 0 Å². The highest BCUT2D eigenvalue weighted by atomic mass is 16.5. The Labute approximate surface area is 179 Å². The Balaban J connectivity index is 0.00000132. The largest absolute Gasteiger partial charge is 0.497 e. The summed E-state index contributed by atoms with van der Waals surface area (Å²) in [6, 6.07) is 15.6. The molecule has 0 N–H and O–H groups in total. The van der Waals surface area contributed by atoms with E-state index < -0.39 is 0 Å². The number of hydrogen-bond acceptors (Lipinski definition) is 3. The average molecular weight is 400 g/mol. The average Bonchev–Trinajstić information content (AvgIpc) is 2.71. The normalized spacial score (nSPS) is 11.7. The van der Waals surface area contributed by atoms with E-state index in [0.29, 0.717) is 6.04 Å². The van der Waals surface area contributed by atoms with Crippen molar-refractivity contribution in [2.75, 3.05) is 34.9 Å². The molecular weight excluding hydrogens is 358 g/mol. The summed E-state index contributed by atoms with van der Waals surface area (Å²) >= 11 is 0. The fourth-order valence-electron chi connectivity index (χ4n) is 3.74. The van der Waals surface area contributed by atoms with Crippen molar-refractivity contribution in [1.82, 2.24) is 4.90 Å². The van der Waals surface area contributed by atoms with E-state index >= 15 is 0 Å². The Morgan fingerprint density at radius 1 is 0.828 bits per heavy atom. The van der Waals surface area contributed by atoms with Crippen LogP contribution in [0, 0.1) is 13.8 Å². The summed E-state index contributed by atoms with van der Waals surface area (Å²) < 4.78 is 9.46. The highest BCUT2D eigenvalue weighted by molar-refractivity contribution is 5.35. The van der Waals surface area contributed by atoms with Crippen molar-refractivity contribution in [1.29, 1.82) is 0 Å². The molecule has 0 bridgehead atoms. The number of hydrogen-bond donors (Lipinski definition) is 0. The summed E-state index contributed by atoms with van der Waals surface area (Å²) in [6.07, 6.45) is 6.31. The molecule has 2 rings (SSSR count). The predicted octanol–water partition coefficient (Wildman–Crippen LogP) is 6.37. The summed E-state index contributed by atoms with van der Waals surface area (Å²) in [5, 5.41) is 0. The van der Waals surface area contributed by atoms with Crippen molar-refractivity contribution in [3.8, 4) is 5.75 Å². The third-order valence-electron chi connectivity index (χ3n) is 5.51. The van der Waals surface area contributed by atoms with Gasteiger partial charge >= 0.3 is 0 Å². The molecule has 0 aromatic heterocycles. The molecule has 1 unspecified atom stereocenters. The van der Waals surface area contributed by atoms with Crippen LogP contribution in [0.5, 0.6) is 5.75 Å². The second-order valence-corrected chi connectivity index (χ2v) is 7.88. The topological polar surface area (TPSA) is 21.7 Å². The summed E-state index contributed by atoms with van der Waals surface area (Å²) in [4.78, 5) is 2.50. The number of methoxy groups -OCH3 is 2. The van der Waals surface area contributed by atoms with Gasteiger partial charge in [0.1, 0.15) is 5.75 Å². The zero-order valence-electron chi connectivity index (χ0n) is 19.6. The number of aryl methyl sites for hydroxylation is 3. The number of benzene rings is 2. The maximum Gasteiger partial charge on any atom is 0.118 e.